The lowest BCUT2D eigenvalue weighted by molar-refractivity contribution is 0.143. The van der Waals surface area contributed by atoms with Crippen LogP contribution in [-0.2, 0) is 62.2 Å². The molecular formula is C33H30O9S3. The number of benzene rings is 4. The van der Waals surface area contributed by atoms with Crippen LogP contribution in [0.15, 0.2) is 87.5 Å². The van der Waals surface area contributed by atoms with Gasteiger partial charge in [0.2, 0.25) is 0 Å². The van der Waals surface area contributed by atoms with Crippen LogP contribution in [-0.4, -0.2) is 25.3 Å². The zero-order chi connectivity index (χ0) is 31.9. The molecule has 45 heavy (non-hydrogen) atoms. The van der Waals surface area contributed by atoms with Gasteiger partial charge in [0.1, 0.15) is 18.3 Å². The van der Waals surface area contributed by atoms with Gasteiger partial charge in [0, 0.05) is 19.3 Å². The molecule has 0 unspecified atom stereocenters. The van der Waals surface area contributed by atoms with Crippen LogP contribution < -0.4 is 0 Å². The lowest BCUT2D eigenvalue weighted by atomic mass is 9.62. The van der Waals surface area contributed by atoms with Crippen molar-refractivity contribution in [3.8, 4) is 0 Å². The van der Waals surface area contributed by atoms with E-state index in [2.05, 4.69) is 0 Å². The molecule has 0 saturated carbocycles. The van der Waals surface area contributed by atoms with E-state index in [1.807, 2.05) is 20.8 Å². The number of aryl methyl sites for hydroxylation is 3. The van der Waals surface area contributed by atoms with E-state index >= 15 is 0 Å². The third-order valence-electron chi connectivity index (χ3n) is 8.74. The van der Waals surface area contributed by atoms with Crippen molar-refractivity contribution in [2.75, 3.05) is 0 Å². The molecule has 7 rings (SSSR count). The van der Waals surface area contributed by atoms with Crippen molar-refractivity contribution in [2.24, 2.45) is 0 Å². The molecule has 0 N–H and O–H groups in total. The number of rotatable bonds is 9. The second kappa shape index (κ2) is 10.6. The Morgan fingerprint density at radius 1 is 0.422 bits per heavy atom. The Balaban J connectivity index is 1.23. The van der Waals surface area contributed by atoms with Crippen LogP contribution in [0.25, 0.3) is 0 Å². The zero-order valence-corrected chi connectivity index (χ0v) is 27.1. The fourth-order valence-corrected chi connectivity index (χ4v) is 9.41. The third-order valence-corrected chi connectivity index (χ3v) is 12.7. The Morgan fingerprint density at radius 2 is 0.644 bits per heavy atom. The summed E-state index contributed by atoms with van der Waals surface area (Å²) in [4.78, 5) is 0.0837. The van der Waals surface area contributed by atoms with E-state index in [4.69, 9.17) is 12.5 Å². The molecule has 0 fully saturated rings. The molecule has 9 nitrogen and oxygen atoms in total. The van der Waals surface area contributed by atoms with E-state index in [9.17, 15) is 25.3 Å². The summed E-state index contributed by atoms with van der Waals surface area (Å²) in [7, 11) is -12.3. The second-order valence-corrected chi connectivity index (χ2v) is 16.6. The molecular weight excluding hydrogens is 637 g/mol. The molecule has 12 heteroatoms. The quantitative estimate of drug-likeness (QED) is 0.209. The fourth-order valence-electron chi connectivity index (χ4n) is 6.26. The van der Waals surface area contributed by atoms with Crippen LogP contribution in [0.4, 0.5) is 0 Å². The van der Waals surface area contributed by atoms with Gasteiger partial charge < -0.3 is 0 Å². The first-order chi connectivity index (χ1) is 21.2. The van der Waals surface area contributed by atoms with Crippen LogP contribution in [0.3, 0.4) is 0 Å². The predicted molar refractivity (Wildman–Crippen MR) is 164 cm³/mol. The molecule has 0 amide bonds. The van der Waals surface area contributed by atoms with Gasteiger partial charge in [-0.1, -0.05) is 53.1 Å². The molecule has 0 radical (unpaired) electrons. The van der Waals surface area contributed by atoms with E-state index in [-0.39, 0.29) is 33.9 Å². The highest BCUT2D eigenvalue weighted by molar-refractivity contribution is 7.87. The van der Waals surface area contributed by atoms with Crippen molar-refractivity contribution in [2.45, 2.75) is 73.0 Å². The predicted octanol–water partition coefficient (Wildman–Crippen LogP) is 5.62. The van der Waals surface area contributed by atoms with Crippen molar-refractivity contribution in [1.82, 2.24) is 0 Å². The largest absolute Gasteiger partial charge is 0.297 e. The Kier molecular flexibility index (Phi) is 7.12. The van der Waals surface area contributed by atoms with Gasteiger partial charge in [-0.2, -0.15) is 25.3 Å². The summed E-state index contributed by atoms with van der Waals surface area (Å²) >= 11 is 0. The summed E-state index contributed by atoms with van der Waals surface area (Å²) in [5, 5.41) is 0. The SMILES string of the molecule is Cc1ccc(S(=O)(=O)O[C@H]2Cc3c2c2c(c4c3[C@H](OS(=O)(=O)c3ccc(C)cc3)C4)[C@H](OS(=O)(=O)c3ccc(C)cc3)C2)cc1. The maximum absolute atomic E-state index is 13.2. The molecule has 0 aromatic heterocycles. The molecule has 3 aliphatic carbocycles. The number of hydrogen-bond acceptors (Lipinski definition) is 9. The summed E-state index contributed by atoms with van der Waals surface area (Å²) in [5.41, 5.74) is 6.95. The molecule has 4 aromatic rings. The summed E-state index contributed by atoms with van der Waals surface area (Å²) in [6, 6.07) is 19.0. The minimum Gasteiger partial charge on any atom is -0.258 e. The molecule has 0 saturated heterocycles. The van der Waals surface area contributed by atoms with Crippen LogP contribution in [0.1, 0.15) is 68.4 Å². The Hall–Kier alpha value is -3.39. The second-order valence-electron chi connectivity index (χ2n) is 11.8. The highest BCUT2D eigenvalue weighted by Crippen LogP contribution is 2.58. The van der Waals surface area contributed by atoms with Crippen molar-refractivity contribution in [1.29, 1.82) is 0 Å². The Labute approximate surface area is 263 Å². The first-order valence-electron chi connectivity index (χ1n) is 14.4. The molecule has 3 atom stereocenters. The summed E-state index contributed by atoms with van der Waals surface area (Å²) in [6.07, 6.45) is -1.70. The lowest BCUT2D eigenvalue weighted by Crippen LogP contribution is -2.40. The van der Waals surface area contributed by atoms with Crippen molar-refractivity contribution in [3.63, 3.8) is 0 Å². The molecule has 3 aliphatic rings. The molecule has 234 valence electrons. The van der Waals surface area contributed by atoms with Gasteiger partial charge >= 0.3 is 0 Å². The monoisotopic (exact) mass is 666 g/mol. The van der Waals surface area contributed by atoms with E-state index in [1.54, 1.807) is 36.4 Å². The average molecular weight is 667 g/mol. The normalized spacial score (nSPS) is 20.2. The summed E-state index contributed by atoms with van der Waals surface area (Å²) in [5.74, 6) is 0. The molecule has 0 aliphatic heterocycles. The van der Waals surface area contributed by atoms with E-state index in [0.29, 0.717) is 16.7 Å². The topological polar surface area (TPSA) is 130 Å². The maximum Gasteiger partial charge on any atom is 0.297 e. The number of fused-ring (bicyclic) bond motifs is 6. The van der Waals surface area contributed by atoms with Gasteiger partial charge in [-0.15, -0.1) is 0 Å². The fraction of sp³-hybridized carbons (Fsp3) is 0.273. The van der Waals surface area contributed by atoms with Crippen molar-refractivity contribution >= 4 is 30.4 Å². The van der Waals surface area contributed by atoms with Gasteiger partial charge in [-0.25, -0.2) is 0 Å². The highest BCUT2D eigenvalue weighted by atomic mass is 32.2. The molecule has 0 bridgehead atoms. The van der Waals surface area contributed by atoms with Crippen LogP contribution in [0, 0.1) is 20.8 Å². The van der Waals surface area contributed by atoms with E-state index < -0.39 is 48.7 Å². The van der Waals surface area contributed by atoms with E-state index in [1.165, 1.54) is 36.4 Å². The minimum absolute atomic E-state index is 0.0279. The standard InChI is InChI=1S/C33H30O9S3/c1-19-4-10-22(11-5-19)43(34,35)40-28-16-25-31(28)26-17-29(41-44(36,37)23-12-6-20(2)7-13-23)33(26)27-18-30(32(25)27)42-45(38,39)24-14-8-21(3)9-15-24/h4-15,28-30H,16-18H2,1-3H3/t28-,29-,30+/m1/s1. The first kappa shape index (κ1) is 30.3. The first-order valence-corrected chi connectivity index (χ1v) is 18.7. The van der Waals surface area contributed by atoms with Crippen molar-refractivity contribution in [3.05, 3.63) is 123 Å². The van der Waals surface area contributed by atoms with Gasteiger partial charge in [-0.05, 0) is 90.6 Å². The van der Waals surface area contributed by atoms with Crippen LogP contribution >= 0.6 is 0 Å². The van der Waals surface area contributed by atoms with Crippen LogP contribution in [0.2, 0.25) is 0 Å². The molecule has 0 heterocycles. The maximum atomic E-state index is 13.2. The Morgan fingerprint density at radius 3 is 0.867 bits per heavy atom. The summed E-state index contributed by atoms with van der Waals surface area (Å²) in [6.45, 7) is 5.56. The zero-order valence-electron chi connectivity index (χ0n) is 24.7. The van der Waals surface area contributed by atoms with Gasteiger partial charge in [-0.3, -0.25) is 12.5 Å². The third kappa shape index (κ3) is 5.23. The van der Waals surface area contributed by atoms with Gasteiger partial charge in [0.25, 0.3) is 30.4 Å². The summed E-state index contributed by atoms with van der Waals surface area (Å²) < 4.78 is 96.1. The van der Waals surface area contributed by atoms with E-state index in [0.717, 1.165) is 33.4 Å². The van der Waals surface area contributed by atoms with Crippen LogP contribution in [0.5, 0.6) is 0 Å². The lowest BCUT2D eigenvalue weighted by Gasteiger charge is -2.48. The average Bonchev–Trinajstić information content (AvgIpc) is 2.95. The number of hydrogen-bond donors (Lipinski definition) is 0. The molecule has 0 spiro atoms. The van der Waals surface area contributed by atoms with Gasteiger partial charge in [0.15, 0.2) is 0 Å². The Bertz CT molecular complexity index is 1900. The minimum atomic E-state index is -4.11. The van der Waals surface area contributed by atoms with Gasteiger partial charge in [0.05, 0.1) is 14.7 Å². The molecule has 4 aromatic carbocycles. The van der Waals surface area contributed by atoms with Crippen molar-refractivity contribution < 1.29 is 37.8 Å². The smallest absolute Gasteiger partial charge is 0.258 e. The highest BCUT2D eigenvalue weighted by Gasteiger charge is 2.51.